The van der Waals surface area contributed by atoms with Crippen molar-refractivity contribution >= 4 is 5.97 Å². The molecule has 76 valence electrons. The number of nitrogens with zero attached hydrogens (tertiary/aromatic N) is 2. The summed E-state index contributed by atoms with van der Waals surface area (Å²) < 4.78 is 6.39. The summed E-state index contributed by atoms with van der Waals surface area (Å²) in [6, 6.07) is 0. The number of hydrogen-bond donors (Lipinski definition) is 0. The first-order chi connectivity index (χ1) is 6.57. The van der Waals surface area contributed by atoms with E-state index >= 15 is 0 Å². The summed E-state index contributed by atoms with van der Waals surface area (Å²) in [6.45, 7) is 2.13. The van der Waals surface area contributed by atoms with Crippen molar-refractivity contribution in [3.8, 4) is 0 Å². The lowest BCUT2D eigenvalue weighted by Gasteiger charge is -2.05. The molecular weight excluding hydrogens is 180 g/mol. The van der Waals surface area contributed by atoms with Gasteiger partial charge in [0.1, 0.15) is 5.56 Å². The third kappa shape index (κ3) is 1.31. The lowest BCUT2D eigenvalue weighted by atomic mass is 10.0. The molecule has 0 atom stereocenters. The molecule has 1 fully saturated rings. The second-order valence-corrected chi connectivity index (χ2v) is 4.12. The van der Waals surface area contributed by atoms with Gasteiger partial charge in [-0.15, -0.1) is 0 Å². The van der Waals surface area contributed by atoms with Crippen molar-refractivity contribution in [3.05, 3.63) is 17.5 Å². The van der Waals surface area contributed by atoms with E-state index in [2.05, 4.69) is 12.0 Å². The molecule has 0 aromatic carbocycles. The SMILES string of the molecule is COC(=O)c1cn(C)nc1C1(C)CC1. The molecule has 2 rings (SSSR count). The molecule has 1 aliphatic carbocycles. The maximum absolute atomic E-state index is 11.4. The molecule has 4 heteroatoms. The Bertz CT molecular complexity index is 377. The lowest BCUT2D eigenvalue weighted by Crippen LogP contribution is -2.10. The van der Waals surface area contributed by atoms with Crippen LogP contribution in [0.1, 0.15) is 35.8 Å². The number of rotatable bonds is 2. The third-order valence-corrected chi connectivity index (χ3v) is 2.81. The van der Waals surface area contributed by atoms with Gasteiger partial charge in [-0.25, -0.2) is 4.79 Å². The minimum absolute atomic E-state index is 0.102. The van der Waals surface area contributed by atoms with Crippen LogP contribution in [0.3, 0.4) is 0 Å². The highest BCUT2D eigenvalue weighted by molar-refractivity contribution is 5.90. The number of aryl methyl sites for hydroxylation is 1. The number of carbonyl (C=O) groups excluding carboxylic acids is 1. The number of aromatic nitrogens is 2. The van der Waals surface area contributed by atoms with Crippen molar-refractivity contribution in [1.29, 1.82) is 0 Å². The molecule has 1 heterocycles. The van der Waals surface area contributed by atoms with E-state index in [4.69, 9.17) is 4.74 Å². The number of carbonyl (C=O) groups is 1. The second-order valence-electron chi connectivity index (χ2n) is 4.12. The van der Waals surface area contributed by atoms with E-state index in [0.717, 1.165) is 18.5 Å². The van der Waals surface area contributed by atoms with Crippen LogP contribution >= 0.6 is 0 Å². The zero-order chi connectivity index (χ0) is 10.3. The van der Waals surface area contributed by atoms with Gasteiger partial charge >= 0.3 is 5.97 Å². The van der Waals surface area contributed by atoms with Crippen LogP contribution in [0.4, 0.5) is 0 Å². The lowest BCUT2D eigenvalue weighted by molar-refractivity contribution is 0.0598. The van der Waals surface area contributed by atoms with Crippen LogP contribution in [0.5, 0.6) is 0 Å². The number of methoxy groups -OCH3 is 1. The van der Waals surface area contributed by atoms with Gasteiger partial charge < -0.3 is 4.74 Å². The summed E-state index contributed by atoms with van der Waals surface area (Å²) in [5, 5.41) is 4.33. The van der Waals surface area contributed by atoms with E-state index in [9.17, 15) is 4.79 Å². The first-order valence-corrected chi connectivity index (χ1v) is 4.69. The maximum atomic E-state index is 11.4. The second kappa shape index (κ2) is 2.83. The Morgan fingerprint density at radius 2 is 2.29 bits per heavy atom. The topological polar surface area (TPSA) is 44.1 Å². The van der Waals surface area contributed by atoms with Gasteiger partial charge in [-0.2, -0.15) is 5.10 Å². The van der Waals surface area contributed by atoms with E-state index < -0.39 is 0 Å². The molecule has 4 nitrogen and oxygen atoms in total. The summed E-state index contributed by atoms with van der Waals surface area (Å²) in [5.41, 5.74) is 1.59. The van der Waals surface area contributed by atoms with Gasteiger partial charge in [-0.1, -0.05) is 6.92 Å². The van der Waals surface area contributed by atoms with Gasteiger partial charge in [0.25, 0.3) is 0 Å². The molecule has 0 unspecified atom stereocenters. The summed E-state index contributed by atoms with van der Waals surface area (Å²) in [7, 11) is 3.22. The first kappa shape index (κ1) is 9.24. The predicted octanol–water partition coefficient (Wildman–Crippen LogP) is 1.26. The van der Waals surface area contributed by atoms with Crippen molar-refractivity contribution in [2.75, 3.05) is 7.11 Å². The molecule has 14 heavy (non-hydrogen) atoms. The van der Waals surface area contributed by atoms with Crippen molar-refractivity contribution in [3.63, 3.8) is 0 Å². The molecular formula is C10H14N2O2. The molecule has 0 spiro atoms. The van der Waals surface area contributed by atoms with Crippen LogP contribution in [-0.4, -0.2) is 22.9 Å². The molecule has 0 N–H and O–H groups in total. The smallest absolute Gasteiger partial charge is 0.341 e. The van der Waals surface area contributed by atoms with Crippen molar-refractivity contribution in [1.82, 2.24) is 9.78 Å². The Balaban J connectivity index is 2.43. The van der Waals surface area contributed by atoms with E-state index in [-0.39, 0.29) is 11.4 Å². The summed E-state index contributed by atoms with van der Waals surface area (Å²) in [4.78, 5) is 11.4. The fourth-order valence-electron chi connectivity index (χ4n) is 1.62. The van der Waals surface area contributed by atoms with Gasteiger partial charge in [0.15, 0.2) is 0 Å². The van der Waals surface area contributed by atoms with Gasteiger partial charge in [0.05, 0.1) is 12.8 Å². The van der Waals surface area contributed by atoms with Crippen LogP contribution in [0.15, 0.2) is 6.20 Å². The molecule has 1 aliphatic rings. The minimum atomic E-state index is -0.291. The minimum Gasteiger partial charge on any atom is -0.465 e. The van der Waals surface area contributed by atoms with Crippen LogP contribution in [-0.2, 0) is 17.2 Å². The Morgan fingerprint density at radius 3 is 2.79 bits per heavy atom. The number of esters is 1. The van der Waals surface area contributed by atoms with Crippen LogP contribution in [0.25, 0.3) is 0 Å². The molecule has 1 aromatic rings. The highest BCUT2D eigenvalue weighted by Crippen LogP contribution is 2.48. The average Bonchev–Trinajstić information content (AvgIpc) is 2.77. The third-order valence-electron chi connectivity index (χ3n) is 2.81. The van der Waals surface area contributed by atoms with Crippen LogP contribution in [0.2, 0.25) is 0 Å². The Hall–Kier alpha value is -1.32. The largest absolute Gasteiger partial charge is 0.465 e. The standard InChI is InChI=1S/C10H14N2O2/c1-10(4-5-10)8-7(9(13)14-3)6-12(2)11-8/h6H,4-5H2,1-3H3. The van der Waals surface area contributed by atoms with Gasteiger partial charge in [0, 0.05) is 18.7 Å². The first-order valence-electron chi connectivity index (χ1n) is 4.69. The van der Waals surface area contributed by atoms with Crippen molar-refractivity contribution in [2.45, 2.75) is 25.2 Å². The van der Waals surface area contributed by atoms with E-state index in [1.54, 1.807) is 10.9 Å². The Morgan fingerprint density at radius 1 is 1.64 bits per heavy atom. The molecule has 0 bridgehead atoms. The zero-order valence-electron chi connectivity index (χ0n) is 8.70. The number of ether oxygens (including phenoxy) is 1. The molecule has 0 radical (unpaired) electrons. The van der Waals surface area contributed by atoms with Crippen molar-refractivity contribution in [2.24, 2.45) is 7.05 Å². The van der Waals surface area contributed by atoms with Gasteiger partial charge in [-0.3, -0.25) is 4.68 Å². The Labute approximate surface area is 82.9 Å². The molecule has 0 amide bonds. The van der Waals surface area contributed by atoms with Gasteiger partial charge in [0.2, 0.25) is 0 Å². The van der Waals surface area contributed by atoms with Gasteiger partial charge in [-0.05, 0) is 12.8 Å². The molecule has 0 aliphatic heterocycles. The number of hydrogen-bond acceptors (Lipinski definition) is 3. The summed E-state index contributed by atoms with van der Waals surface area (Å²) in [6.07, 6.45) is 3.94. The van der Waals surface area contributed by atoms with Crippen LogP contribution in [0, 0.1) is 0 Å². The van der Waals surface area contributed by atoms with E-state index in [1.807, 2.05) is 7.05 Å². The van der Waals surface area contributed by atoms with E-state index in [1.165, 1.54) is 7.11 Å². The normalized spacial score (nSPS) is 17.9. The monoisotopic (exact) mass is 194 g/mol. The zero-order valence-corrected chi connectivity index (χ0v) is 8.70. The summed E-state index contributed by atoms with van der Waals surface area (Å²) in [5.74, 6) is -0.291. The molecule has 1 aromatic heterocycles. The summed E-state index contributed by atoms with van der Waals surface area (Å²) >= 11 is 0. The Kier molecular flexibility index (Phi) is 1.87. The fourth-order valence-corrected chi connectivity index (χ4v) is 1.62. The highest BCUT2D eigenvalue weighted by Gasteiger charge is 2.44. The molecule has 0 saturated heterocycles. The maximum Gasteiger partial charge on any atom is 0.341 e. The quantitative estimate of drug-likeness (QED) is 0.666. The van der Waals surface area contributed by atoms with Crippen molar-refractivity contribution < 1.29 is 9.53 Å². The predicted molar refractivity (Wildman–Crippen MR) is 51.1 cm³/mol. The fraction of sp³-hybridized carbons (Fsp3) is 0.600. The molecule has 1 saturated carbocycles. The van der Waals surface area contributed by atoms with Crippen LogP contribution < -0.4 is 0 Å². The van der Waals surface area contributed by atoms with E-state index in [0.29, 0.717) is 5.56 Å². The highest BCUT2D eigenvalue weighted by atomic mass is 16.5. The average molecular weight is 194 g/mol.